The molecule has 0 aromatic rings. The van der Waals surface area contributed by atoms with Gasteiger partial charge >= 0.3 is 0 Å². The smallest absolute Gasteiger partial charge is 0.0599 e. The van der Waals surface area contributed by atoms with Gasteiger partial charge in [0.1, 0.15) is 0 Å². The van der Waals surface area contributed by atoms with Crippen LogP contribution in [0.3, 0.4) is 0 Å². The quantitative estimate of drug-likeness (QED) is 0.618. The molecule has 1 nitrogen and oxygen atoms in total. The van der Waals surface area contributed by atoms with Gasteiger partial charge in [-0.05, 0) is 37.5 Å². The molecule has 1 heterocycles. The Morgan fingerprint density at radius 2 is 1.54 bits per heavy atom. The highest BCUT2D eigenvalue weighted by Gasteiger charge is 2.27. The fourth-order valence-electron chi connectivity index (χ4n) is 1.99. The number of hydrogen-bond donors (Lipinski definition) is 0. The largest absolute Gasteiger partial charge is 0.306 e. The predicted molar refractivity (Wildman–Crippen MR) is 62.8 cm³/mol. The molecular weight excluding hydrogens is 174 g/mol. The summed E-state index contributed by atoms with van der Waals surface area (Å²) in [4.78, 5) is 2.68. The Morgan fingerprint density at radius 1 is 1.08 bits per heavy atom. The second-order valence-corrected chi connectivity index (χ2v) is 11.9. The molecule has 1 saturated heterocycles. The third-order valence-electron chi connectivity index (χ3n) is 2.91. The molecule has 0 amide bonds. The SMILES string of the molecule is CC1(C)CCN(C[Si](C)(C)C)CC1. The van der Waals surface area contributed by atoms with Crippen molar-refractivity contribution in [1.82, 2.24) is 4.90 Å². The first-order valence-corrected chi connectivity index (χ1v) is 9.22. The summed E-state index contributed by atoms with van der Waals surface area (Å²) in [5, 5.41) is 0. The monoisotopic (exact) mass is 199 g/mol. The molecule has 0 bridgehead atoms. The maximum absolute atomic E-state index is 2.68. The van der Waals surface area contributed by atoms with Crippen LogP contribution in [-0.4, -0.2) is 32.2 Å². The zero-order chi connectivity index (χ0) is 10.1. The zero-order valence-electron chi connectivity index (χ0n) is 9.98. The van der Waals surface area contributed by atoms with E-state index in [1.54, 1.807) is 0 Å². The minimum absolute atomic E-state index is 0.607. The normalized spacial score (nSPS) is 24.7. The van der Waals surface area contributed by atoms with Crippen molar-refractivity contribution in [2.75, 3.05) is 19.3 Å². The molecule has 0 unspecified atom stereocenters. The summed E-state index contributed by atoms with van der Waals surface area (Å²) in [6.45, 7) is 14.9. The molecule has 0 aromatic carbocycles. The number of hydrogen-bond acceptors (Lipinski definition) is 1. The van der Waals surface area contributed by atoms with Gasteiger partial charge in [-0.1, -0.05) is 33.5 Å². The van der Waals surface area contributed by atoms with Gasteiger partial charge in [-0.3, -0.25) is 0 Å². The van der Waals surface area contributed by atoms with E-state index in [1.165, 1.54) is 32.1 Å². The van der Waals surface area contributed by atoms with Gasteiger partial charge in [-0.2, -0.15) is 0 Å². The molecule has 1 aliphatic heterocycles. The van der Waals surface area contributed by atoms with E-state index in [0.717, 1.165) is 0 Å². The van der Waals surface area contributed by atoms with E-state index in [-0.39, 0.29) is 0 Å². The maximum Gasteiger partial charge on any atom is 0.0599 e. The molecule has 0 aliphatic carbocycles. The van der Waals surface area contributed by atoms with Gasteiger partial charge in [0.2, 0.25) is 0 Å². The Balaban J connectivity index is 2.34. The van der Waals surface area contributed by atoms with Crippen LogP contribution in [0.1, 0.15) is 26.7 Å². The molecule has 1 fully saturated rings. The minimum Gasteiger partial charge on any atom is -0.306 e. The average molecular weight is 199 g/mol. The van der Waals surface area contributed by atoms with Crippen LogP contribution in [0.15, 0.2) is 0 Å². The van der Waals surface area contributed by atoms with Crippen LogP contribution in [0.25, 0.3) is 0 Å². The first-order valence-electron chi connectivity index (χ1n) is 5.51. The second kappa shape index (κ2) is 3.74. The first-order chi connectivity index (χ1) is 5.79. The van der Waals surface area contributed by atoms with Crippen LogP contribution in [-0.2, 0) is 0 Å². The average Bonchev–Trinajstić information content (AvgIpc) is 1.91. The van der Waals surface area contributed by atoms with Crippen molar-refractivity contribution in [3.8, 4) is 0 Å². The van der Waals surface area contributed by atoms with Crippen molar-refractivity contribution in [3.05, 3.63) is 0 Å². The van der Waals surface area contributed by atoms with E-state index in [1.807, 2.05) is 0 Å². The first kappa shape index (κ1) is 11.3. The number of rotatable bonds is 2. The lowest BCUT2D eigenvalue weighted by atomic mass is 9.83. The molecular formula is C11H25NSi. The van der Waals surface area contributed by atoms with Crippen molar-refractivity contribution in [3.63, 3.8) is 0 Å². The molecule has 13 heavy (non-hydrogen) atoms. The van der Waals surface area contributed by atoms with Crippen molar-refractivity contribution in [1.29, 1.82) is 0 Å². The van der Waals surface area contributed by atoms with Crippen LogP contribution >= 0.6 is 0 Å². The summed E-state index contributed by atoms with van der Waals surface area (Å²) < 4.78 is 0. The fourth-order valence-corrected chi connectivity index (χ4v) is 3.65. The highest BCUT2D eigenvalue weighted by atomic mass is 28.3. The third kappa shape index (κ3) is 4.27. The van der Waals surface area contributed by atoms with Crippen LogP contribution in [0, 0.1) is 5.41 Å². The fraction of sp³-hybridized carbons (Fsp3) is 1.00. The summed E-state index contributed by atoms with van der Waals surface area (Å²) in [5.41, 5.74) is 0.607. The van der Waals surface area contributed by atoms with Crippen LogP contribution in [0.5, 0.6) is 0 Å². The Morgan fingerprint density at radius 3 is 1.92 bits per heavy atom. The molecule has 0 atom stereocenters. The maximum atomic E-state index is 2.68. The lowest BCUT2D eigenvalue weighted by Crippen LogP contribution is -2.45. The number of likely N-dealkylation sites (tertiary alicyclic amines) is 1. The second-order valence-electron chi connectivity index (χ2n) is 6.50. The van der Waals surface area contributed by atoms with Gasteiger partial charge in [0.25, 0.3) is 0 Å². The molecule has 1 aliphatic rings. The van der Waals surface area contributed by atoms with E-state index < -0.39 is 8.07 Å². The molecule has 0 saturated carbocycles. The lowest BCUT2D eigenvalue weighted by molar-refractivity contribution is 0.148. The number of piperidine rings is 1. The summed E-state index contributed by atoms with van der Waals surface area (Å²) in [6.07, 6.45) is 4.16. The third-order valence-corrected chi connectivity index (χ3v) is 4.30. The van der Waals surface area contributed by atoms with Gasteiger partial charge in [0, 0.05) is 0 Å². The van der Waals surface area contributed by atoms with E-state index in [0.29, 0.717) is 5.41 Å². The van der Waals surface area contributed by atoms with Gasteiger partial charge in [0.05, 0.1) is 8.07 Å². The van der Waals surface area contributed by atoms with E-state index in [2.05, 4.69) is 38.4 Å². The molecule has 0 radical (unpaired) electrons. The summed E-state index contributed by atoms with van der Waals surface area (Å²) in [6, 6.07) is 0. The minimum atomic E-state index is -0.865. The molecule has 0 N–H and O–H groups in total. The van der Waals surface area contributed by atoms with Crippen molar-refractivity contribution in [2.45, 2.75) is 46.3 Å². The van der Waals surface area contributed by atoms with Gasteiger partial charge in [-0.15, -0.1) is 0 Å². The summed E-state index contributed by atoms with van der Waals surface area (Å²) >= 11 is 0. The van der Waals surface area contributed by atoms with E-state index >= 15 is 0 Å². The van der Waals surface area contributed by atoms with Gasteiger partial charge in [-0.25, -0.2) is 0 Å². The highest BCUT2D eigenvalue weighted by Crippen LogP contribution is 2.29. The molecule has 78 valence electrons. The Labute approximate surface area is 84.5 Å². The van der Waals surface area contributed by atoms with Crippen LogP contribution < -0.4 is 0 Å². The van der Waals surface area contributed by atoms with Gasteiger partial charge in [0.15, 0.2) is 0 Å². The highest BCUT2D eigenvalue weighted by molar-refractivity contribution is 6.76. The van der Waals surface area contributed by atoms with Crippen molar-refractivity contribution in [2.24, 2.45) is 5.41 Å². The standard InChI is InChI=1S/C11H25NSi/c1-11(2)6-8-12(9-7-11)10-13(3,4)5/h6-10H2,1-5H3. The zero-order valence-corrected chi connectivity index (χ0v) is 11.0. The molecule has 0 spiro atoms. The topological polar surface area (TPSA) is 3.24 Å². The Bertz CT molecular complexity index is 159. The summed E-state index contributed by atoms with van der Waals surface area (Å²) in [5.74, 6) is 0. The van der Waals surface area contributed by atoms with E-state index in [9.17, 15) is 0 Å². The lowest BCUT2D eigenvalue weighted by Gasteiger charge is -2.39. The van der Waals surface area contributed by atoms with E-state index in [4.69, 9.17) is 0 Å². The Hall–Kier alpha value is 0.177. The molecule has 2 heteroatoms. The molecule has 1 rings (SSSR count). The van der Waals surface area contributed by atoms with Gasteiger partial charge < -0.3 is 4.90 Å². The summed E-state index contributed by atoms with van der Waals surface area (Å²) in [7, 11) is -0.865. The number of nitrogens with zero attached hydrogens (tertiary/aromatic N) is 1. The van der Waals surface area contributed by atoms with Crippen molar-refractivity contribution >= 4 is 8.07 Å². The predicted octanol–water partition coefficient (Wildman–Crippen LogP) is 2.99. The van der Waals surface area contributed by atoms with Crippen molar-refractivity contribution < 1.29 is 0 Å². The molecule has 0 aromatic heterocycles. The Kier molecular flexibility index (Phi) is 3.23. The van der Waals surface area contributed by atoms with Crippen LogP contribution in [0.4, 0.5) is 0 Å². The van der Waals surface area contributed by atoms with Crippen LogP contribution in [0.2, 0.25) is 19.6 Å².